The van der Waals surface area contributed by atoms with Gasteiger partial charge in [-0.2, -0.15) is 0 Å². The molecule has 30 heavy (non-hydrogen) atoms. The normalized spacial score (nSPS) is 14.4. The lowest BCUT2D eigenvalue weighted by atomic mass is 9.98. The molecule has 164 valence electrons. The minimum absolute atomic E-state index is 0.170. The van der Waals surface area contributed by atoms with E-state index in [1.165, 1.54) is 11.1 Å². The second-order valence-corrected chi connectivity index (χ2v) is 9.60. The molecule has 6 nitrogen and oxygen atoms in total. The van der Waals surface area contributed by atoms with Crippen molar-refractivity contribution in [2.24, 2.45) is 0 Å². The van der Waals surface area contributed by atoms with Crippen LogP contribution in [0.5, 0.6) is 11.5 Å². The lowest BCUT2D eigenvalue weighted by Crippen LogP contribution is -2.32. The lowest BCUT2D eigenvalue weighted by molar-refractivity contribution is 0.248. The molecule has 0 unspecified atom stereocenters. The highest BCUT2D eigenvalue weighted by atomic mass is 35.5. The van der Waals surface area contributed by atoms with E-state index in [1.54, 1.807) is 39.3 Å². The first kappa shape index (κ1) is 22.9. The van der Waals surface area contributed by atoms with Gasteiger partial charge in [0.2, 0.25) is 10.0 Å². The Bertz CT molecular complexity index is 975. The molecule has 0 saturated heterocycles. The highest BCUT2D eigenvalue weighted by molar-refractivity contribution is 7.89. The molecule has 0 atom stereocenters. The van der Waals surface area contributed by atoms with E-state index in [0.717, 1.165) is 50.4 Å². The van der Waals surface area contributed by atoms with Crippen LogP contribution in [0.2, 0.25) is 5.02 Å². The second kappa shape index (κ2) is 10.0. The molecule has 1 heterocycles. The van der Waals surface area contributed by atoms with Crippen LogP contribution in [0.3, 0.4) is 0 Å². The van der Waals surface area contributed by atoms with Crippen LogP contribution in [-0.4, -0.2) is 47.2 Å². The van der Waals surface area contributed by atoms with Gasteiger partial charge in [-0.15, -0.1) is 0 Å². The van der Waals surface area contributed by atoms with Crippen molar-refractivity contribution in [3.8, 4) is 11.5 Å². The summed E-state index contributed by atoms with van der Waals surface area (Å²) in [5, 5.41) is 0.251. The predicted molar refractivity (Wildman–Crippen MR) is 119 cm³/mol. The third-order valence-corrected chi connectivity index (χ3v) is 7.51. The number of unbranched alkanes of at least 4 members (excludes halogenated alkanes) is 1. The van der Waals surface area contributed by atoms with Gasteiger partial charge >= 0.3 is 0 Å². The lowest BCUT2D eigenvalue weighted by Gasteiger charge is -2.29. The number of ether oxygens (including phenoxy) is 2. The van der Waals surface area contributed by atoms with Crippen molar-refractivity contribution in [2.45, 2.75) is 37.6 Å². The third kappa shape index (κ3) is 5.27. The fourth-order valence-corrected chi connectivity index (χ4v) is 5.73. The van der Waals surface area contributed by atoms with E-state index in [0.29, 0.717) is 12.1 Å². The first-order chi connectivity index (χ1) is 14.4. The number of methoxy groups -OCH3 is 2. The monoisotopic (exact) mass is 452 g/mol. The Morgan fingerprint density at radius 2 is 1.80 bits per heavy atom. The van der Waals surface area contributed by atoms with E-state index in [-0.39, 0.29) is 9.92 Å². The van der Waals surface area contributed by atoms with Gasteiger partial charge in [0.25, 0.3) is 0 Å². The zero-order valence-electron chi connectivity index (χ0n) is 17.7. The largest absolute Gasteiger partial charge is 0.493 e. The van der Waals surface area contributed by atoms with E-state index in [9.17, 15) is 8.42 Å². The van der Waals surface area contributed by atoms with Gasteiger partial charge in [0.15, 0.2) is 11.5 Å². The van der Waals surface area contributed by atoms with Crippen LogP contribution in [0, 0.1) is 6.92 Å². The molecule has 0 fully saturated rings. The summed E-state index contributed by atoms with van der Waals surface area (Å²) in [5.74, 6) is 1.52. The molecule has 0 bridgehead atoms. The number of nitrogens with one attached hydrogen (secondary N) is 1. The molecule has 2 aromatic carbocycles. The number of benzene rings is 2. The van der Waals surface area contributed by atoms with Crippen LogP contribution in [0.1, 0.15) is 29.5 Å². The standard InChI is InChI=1S/C22H29ClN2O4S/c1-16-7-6-8-19(23)22(16)30(26,27)24-10-4-5-11-25-12-9-17-13-20(28-2)21(29-3)14-18(17)15-25/h6-8,13-14,24H,4-5,9-12,15H2,1-3H3. The van der Waals surface area contributed by atoms with Crippen molar-refractivity contribution >= 4 is 21.6 Å². The van der Waals surface area contributed by atoms with E-state index >= 15 is 0 Å². The Morgan fingerprint density at radius 3 is 2.47 bits per heavy atom. The van der Waals surface area contributed by atoms with Crippen LogP contribution in [0.25, 0.3) is 0 Å². The maximum absolute atomic E-state index is 12.6. The minimum Gasteiger partial charge on any atom is -0.493 e. The van der Waals surface area contributed by atoms with Crippen molar-refractivity contribution in [1.29, 1.82) is 0 Å². The van der Waals surface area contributed by atoms with Crippen LogP contribution >= 0.6 is 11.6 Å². The summed E-state index contributed by atoms with van der Waals surface area (Å²) in [6.07, 6.45) is 2.64. The number of hydrogen-bond acceptors (Lipinski definition) is 5. The second-order valence-electron chi connectivity index (χ2n) is 7.49. The van der Waals surface area contributed by atoms with E-state index in [4.69, 9.17) is 21.1 Å². The Balaban J connectivity index is 1.49. The number of hydrogen-bond donors (Lipinski definition) is 1. The van der Waals surface area contributed by atoms with Crippen molar-refractivity contribution in [3.05, 3.63) is 52.0 Å². The Kier molecular flexibility index (Phi) is 7.63. The molecule has 0 aliphatic carbocycles. The molecule has 1 aliphatic rings. The summed E-state index contributed by atoms with van der Waals surface area (Å²) in [6, 6.07) is 9.22. The van der Waals surface area contributed by atoms with Crippen LogP contribution in [-0.2, 0) is 23.0 Å². The van der Waals surface area contributed by atoms with Crippen LogP contribution in [0.15, 0.2) is 35.2 Å². The van der Waals surface area contributed by atoms with Crippen molar-refractivity contribution in [1.82, 2.24) is 9.62 Å². The maximum atomic E-state index is 12.6. The molecular formula is C22H29ClN2O4S. The summed E-state index contributed by atoms with van der Waals surface area (Å²) in [4.78, 5) is 2.56. The average Bonchev–Trinajstić information content (AvgIpc) is 2.72. The van der Waals surface area contributed by atoms with Gasteiger partial charge in [0.05, 0.1) is 19.2 Å². The third-order valence-electron chi connectivity index (χ3n) is 5.42. The van der Waals surface area contributed by atoms with Gasteiger partial charge in [-0.1, -0.05) is 23.7 Å². The van der Waals surface area contributed by atoms with Gasteiger partial charge in [-0.05, 0) is 67.6 Å². The molecule has 0 radical (unpaired) electrons. The zero-order valence-corrected chi connectivity index (χ0v) is 19.3. The van der Waals surface area contributed by atoms with E-state index < -0.39 is 10.0 Å². The number of fused-ring (bicyclic) bond motifs is 1. The average molecular weight is 453 g/mol. The van der Waals surface area contributed by atoms with Gasteiger partial charge in [0, 0.05) is 19.6 Å². The fraction of sp³-hybridized carbons (Fsp3) is 0.455. The van der Waals surface area contributed by atoms with Gasteiger partial charge in [-0.25, -0.2) is 13.1 Å². The molecule has 0 saturated carbocycles. The van der Waals surface area contributed by atoms with Crippen LogP contribution in [0.4, 0.5) is 0 Å². The molecule has 1 N–H and O–H groups in total. The molecule has 0 spiro atoms. The number of sulfonamides is 1. The number of nitrogens with zero attached hydrogens (tertiary/aromatic N) is 1. The molecular weight excluding hydrogens is 424 g/mol. The van der Waals surface area contributed by atoms with Crippen molar-refractivity contribution in [2.75, 3.05) is 33.9 Å². The zero-order chi connectivity index (χ0) is 21.7. The Hall–Kier alpha value is -1.80. The van der Waals surface area contributed by atoms with Gasteiger partial charge < -0.3 is 9.47 Å². The summed E-state index contributed by atoms with van der Waals surface area (Å²) >= 11 is 6.09. The van der Waals surface area contributed by atoms with Crippen molar-refractivity contribution < 1.29 is 17.9 Å². The SMILES string of the molecule is COc1cc2c(cc1OC)CN(CCCCNS(=O)(=O)c1c(C)cccc1Cl)CC2. The number of rotatable bonds is 9. The van der Waals surface area contributed by atoms with Crippen molar-refractivity contribution in [3.63, 3.8) is 0 Å². The maximum Gasteiger partial charge on any atom is 0.242 e. The topological polar surface area (TPSA) is 67.9 Å². The van der Waals surface area contributed by atoms with Gasteiger partial charge in [-0.3, -0.25) is 4.90 Å². The van der Waals surface area contributed by atoms with E-state index in [2.05, 4.69) is 21.8 Å². The van der Waals surface area contributed by atoms with E-state index in [1.807, 2.05) is 0 Å². The summed E-state index contributed by atoms with van der Waals surface area (Å²) in [6.45, 7) is 4.90. The minimum atomic E-state index is -3.60. The summed E-state index contributed by atoms with van der Waals surface area (Å²) < 4.78 is 38.6. The predicted octanol–water partition coefficient (Wildman–Crippen LogP) is 3.78. The highest BCUT2D eigenvalue weighted by Crippen LogP contribution is 2.33. The molecule has 0 aromatic heterocycles. The first-order valence-corrected chi connectivity index (χ1v) is 11.9. The smallest absolute Gasteiger partial charge is 0.242 e. The summed E-state index contributed by atoms with van der Waals surface area (Å²) in [7, 11) is -0.300. The summed E-state index contributed by atoms with van der Waals surface area (Å²) in [5.41, 5.74) is 3.20. The first-order valence-electron chi connectivity index (χ1n) is 10.1. The quantitative estimate of drug-likeness (QED) is 0.586. The Labute approximate surface area is 184 Å². The molecule has 2 aromatic rings. The molecule has 3 rings (SSSR count). The molecule has 0 amide bonds. The molecule has 8 heteroatoms. The Morgan fingerprint density at radius 1 is 1.10 bits per heavy atom. The fourth-order valence-electron chi connectivity index (χ4n) is 3.83. The molecule has 1 aliphatic heterocycles. The highest BCUT2D eigenvalue weighted by Gasteiger charge is 2.21. The van der Waals surface area contributed by atoms with Crippen LogP contribution < -0.4 is 14.2 Å². The number of halogens is 1. The van der Waals surface area contributed by atoms with Gasteiger partial charge in [0.1, 0.15) is 4.90 Å². The number of aryl methyl sites for hydroxylation is 1.